The van der Waals surface area contributed by atoms with Crippen molar-refractivity contribution in [1.29, 1.82) is 0 Å². The summed E-state index contributed by atoms with van der Waals surface area (Å²) in [6.45, 7) is 7.09. The molecule has 3 heterocycles. The van der Waals surface area contributed by atoms with Crippen molar-refractivity contribution in [1.82, 2.24) is 15.1 Å². The minimum Gasteiger partial charge on any atom is -0.466 e. The van der Waals surface area contributed by atoms with Crippen molar-refractivity contribution in [3.05, 3.63) is 23.2 Å². The van der Waals surface area contributed by atoms with Crippen LogP contribution in [-0.4, -0.2) is 60.4 Å². The van der Waals surface area contributed by atoms with E-state index in [0.29, 0.717) is 50.0 Å². The molecule has 3 rings (SSSR count). The van der Waals surface area contributed by atoms with Gasteiger partial charge in [-0.25, -0.2) is 0 Å². The lowest BCUT2D eigenvalue weighted by Gasteiger charge is -2.35. The van der Waals surface area contributed by atoms with Crippen molar-refractivity contribution in [2.75, 3.05) is 32.7 Å². The molecule has 2 saturated heterocycles. The summed E-state index contributed by atoms with van der Waals surface area (Å²) in [5.74, 6) is 1.62. The van der Waals surface area contributed by atoms with Crippen molar-refractivity contribution < 1.29 is 14.0 Å². The number of aryl methyl sites for hydroxylation is 2. The first-order chi connectivity index (χ1) is 11.0. The summed E-state index contributed by atoms with van der Waals surface area (Å²) in [5, 5.41) is 3.36. The normalized spacial score (nSPS) is 20.8. The van der Waals surface area contributed by atoms with Gasteiger partial charge >= 0.3 is 0 Å². The Balaban J connectivity index is 0.00000208. The Bertz CT molecular complexity index is 588. The number of amides is 2. The number of hydrogen-bond donors (Lipinski definition) is 1. The van der Waals surface area contributed by atoms with E-state index < -0.39 is 0 Å². The quantitative estimate of drug-likeness (QED) is 0.897. The monoisotopic (exact) mass is 355 g/mol. The van der Waals surface area contributed by atoms with Crippen LogP contribution < -0.4 is 5.32 Å². The van der Waals surface area contributed by atoms with Crippen LogP contribution in [0, 0.1) is 13.8 Å². The molecular formula is C17H26ClN3O3. The molecule has 0 bridgehead atoms. The number of carbonyl (C=O) groups excluding carboxylic acids is 2. The Hall–Kier alpha value is -1.53. The number of carbonyl (C=O) groups is 2. The zero-order chi connectivity index (χ0) is 16.4. The second-order valence-corrected chi connectivity index (χ2v) is 6.50. The van der Waals surface area contributed by atoms with E-state index in [1.807, 2.05) is 23.6 Å². The van der Waals surface area contributed by atoms with E-state index in [4.69, 9.17) is 4.42 Å². The van der Waals surface area contributed by atoms with Crippen molar-refractivity contribution in [2.45, 2.75) is 39.2 Å². The Morgan fingerprint density at radius 1 is 1.21 bits per heavy atom. The maximum Gasteiger partial charge on any atom is 0.257 e. The standard InChI is InChI=1S/C17H25N3O3.ClH/c1-12-10-15(13(2)23-12)17(22)20-8-6-19(7-9-20)16(21)11-14-4-3-5-18-14;/h10,14,18H,3-9,11H2,1-2H3;1H. The topological polar surface area (TPSA) is 65.8 Å². The molecule has 134 valence electrons. The highest BCUT2D eigenvalue weighted by Crippen LogP contribution is 2.18. The van der Waals surface area contributed by atoms with Gasteiger partial charge in [0.05, 0.1) is 5.56 Å². The fourth-order valence-electron chi connectivity index (χ4n) is 3.44. The van der Waals surface area contributed by atoms with Crippen LogP contribution in [0.25, 0.3) is 0 Å². The van der Waals surface area contributed by atoms with Crippen LogP contribution in [0.15, 0.2) is 10.5 Å². The molecule has 0 aromatic carbocycles. The first-order valence-corrected chi connectivity index (χ1v) is 8.42. The molecule has 1 atom stereocenters. The minimum atomic E-state index is 0. The van der Waals surface area contributed by atoms with Crippen molar-refractivity contribution in [2.24, 2.45) is 0 Å². The molecule has 2 amide bonds. The molecule has 6 nitrogen and oxygen atoms in total. The summed E-state index contributed by atoms with van der Waals surface area (Å²) in [4.78, 5) is 28.6. The molecule has 1 N–H and O–H groups in total. The summed E-state index contributed by atoms with van der Waals surface area (Å²) in [6.07, 6.45) is 2.82. The van der Waals surface area contributed by atoms with Crippen molar-refractivity contribution in [3.63, 3.8) is 0 Å². The van der Waals surface area contributed by atoms with E-state index >= 15 is 0 Å². The van der Waals surface area contributed by atoms with Crippen LogP contribution in [-0.2, 0) is 4.79 Å². The molecular weight excluding hydrogens is 330 g/mol. The number of nitrogens with zero attached hydrogens (tertiary/aromatic N) is 2. The number of piperazine rings is 1. The van der Waals surface area contributed by atoms with E-state index in [9.17, 15) is 9.59 Å². The zero-order valence-corrected chi connectivity index (χ0v) is 15.2. The van der Waals surface area contributed by atoms with Crippen molar-refractivity contribution in [3.8, 4) is 0 Å². The van der Waals surface area contributed by atoms with Gasteiger partial charge in [-0.05, 0) is 39.3 Å². The number of rotatable bonds is 3. The molecule has 2 aliphatic rings. The predicted molar refractivity (Wildman–Crippen MR) is 93.6 cm³/mol. The highest BCUT2D eigenvalue weighted by Gasteiger charge is 2.28. The summed E-state index contributed by atoms with van der Waals surface area (Å²) >= 11 is 0. The van der Waals surface area contributed by atoms with Crippen LogP contribution >= 0.6 is 12.4 Å². The number of hydrogen-bond acceptors (Lipinski definition) is 4. The van der Waals surface area contributed by atoms with Crippen LogP contribution in [0.1, 0.15) is 41.1 Å². The van der Waals surface area contributed by atoms with Gasteiger partial charge in [0.15, 0.2) is 0 Å². The van der Waals surface area contributed by atoms with E-state index in [1.54, 1.807) is 6.07 Å². The largest absolute Gasteiger partial charge is 0.466 e. The van der Waals surface area contributed by atoms with Gasteiger partial charge in [-0.1, -0.05) is 0 Å². The van der Waals surface area contributed by atoms with E-state index in [-0.39, 0.29) is 24.2 Å². The minimum absolute atomic E-state index is 0. The molecule has 1 aromatic rings. The smallest absolute Gasteiger partial charge is 0.257 e. The molecule has 2 fully saturated rings. The fourth-order valence-corrected chi connectivity index (χ4v) is 3.44. The molecule has 0 spiro atoms. The number of furan rings is 1. The predicted octanol–water partition coefficient (Wildman–Crippen LogP) is 1.74. The van der Waals surface area contributed by atoms with Gasteiger partial charge in [-0.15, -0.1) is 12.4 Å². The van der Waals surface area contributed by atoms with Crippen LogP contribution in [0.5, 0.6) is 0 Å². The van der Waals surface area contributed by atoms with Gasteiger partial charge in [0.1, 0.15) is 11.5 Å². The summed E-state index contributed by atoms with van der Waals surface area (Å²) in [6, 6.07) is 2.12. The van der Waals surface area contributed by atoms with Gasteiger partial charge < -0.3 is 19.5 Å². The third kappa shape index (κ3) is 4.11. The molecule has 2 aliphatic heterocycles. The summed E-state index contributed by atoms with van der Waals surface area (Å²) in [7, 11) is 0. The van der Waals surface area contributed by atoms with Gasteiger partial charge in [0.25, 0.3) is 5.91 Å². The lowest BCUT2D eigenvalue weighted by atomic mass is 10.1. The van der Waals surface area contributed by atoms with Crippen LogP contribution in [0.3, 0.4) is 0 Å². The van der Waals surface area contributed by atoms with Gasteiger partial charge in [0, 0.05) is 38.6 Å². The molecule has 0 saturated carbocycles. The Morgan fingerprint density at radius 2 is 1.88 bits per heavy atom. The van der Waals surface area contributed by atoms with Crippen LogP contribution in [0.2, 0.25) is 0 Å². The van der Waals surface area contributed by atoms with Gasteiger partial charge in [-0.2, -0.15) is 0 Å². The second-order valence-electron chi connectivity index (χ2n) is 6.50. The van der Waals surface area contributed by atoms with Crippen LogP contribution in [0.4, 0.5) is 0 Å². The summed E-state index contributed by atoms with van der Waals surface area (Å²) in [5.41, 5.74) is 0.637. The third-order valence-corrected chi connectivity index (χ3v) is 4.77. The Morgan fingerprint density at radius 3 is 2.42 bits per heavy atom. The molecule has 0 aliphatic carbocycles. The lowest BCUT2D eigenvalue weighted by molar-refractivity contribution is -0.133. The van der Waals surface area contributed by atoms with Gasteiger partial charge in [0.2, 0.25) is 5.91 Å². The Kier molecular flexibility index (Phi) is 6.29. The molecule has 1 unspecified atom stereocenters. The maximum atomic E-state index is 12.5. The molecule has 24 heavy (non-hydrogen) atoms. The number of halogens is 1. The SMILES string of the molecule is Cc1cc(C(=O)N2CCN(C(=O)CC3CCCN3)CC2)c(C)o1.Cl. The highest BCUT2D eigenvalue weighted by molar-refractivity contribution is 5.95. The second kappa shape index (κ2) is 8.03. The molecule has 7 heteroatoms. The molecule has 0 radical (unpaired) electrons. The third-order valence-electron chi connectivity index (χ3n) is 4.77. The maximum absolute atomic E-state index is 12.5. The van der Waals surface area contributed by atoms with Crippen molar-refractivity contribution >= 4 is 24.2 Å². The highest BCUT2D eigenvalue weighted by atomic mass is 35.5. The zero-order valence-electron chi connectivity index (χ0n) is 14.3. The number of nitrogens with one attached hydrogen (secondary N) is 1. The lowest BCUT2D eigenvalue weighted by Crippen LogP contribution is -2.51. The first-order valence-electron chi connectivity index (χ1n) is 8.42. The van der Waals surface area contributed by atoms with Gasteiger partial charge in [-0.3, -0.25) is 9.59 Å². The Labute approximate surface area is 149 Å². The fraction of sp³-hybridized carbons (Fsp3) is 0.647. The molecule has 1 aromatic heterocycles. The summed E-state index contributed by atoms with van der Waals surface area (Å²) < 4.78 is 5.44. The van der Waals surface area contributed by atoms with E-state index in [0.717, 1.165) is 25.1 Å². The average molecular weight is 356 g/mol. The first kappa shape index (κ1) is 18.8. The average Bonchev–Trinajstić information content (AvgIpc) is 3.16. The van der Waals surface area contributed by atoms with E-state index in [1.165, 1.54) is 0 Å². The van der Waals surface area contributed by atoms with E-state index in [2.05, 4.69) is 5.32 Å².